The van der Waals surface area contributed by atoms with Gasteiger partial charge >= 0.3 is 17.9 Å². The fourth-order valence-electron chi connectivity index (χ4n) is 12.6. The summed E-state index contributed by atoms with van der Waals surface area (Å²) in [5, 5.41) is 71.4. The molecule has 0 fully saturated rings. The number of hydrogen-bond acceptors (Lipinski definition) is 19. The minimum absolute atomic E-state index is 0.102. The van der Waals surface area contributed by atoms with Gasteiger partial charge in [-0.05, 0) is 201 Å². The summed E-state index contributed by atoms with van der Waals surface area (Å²) in [4.78, 5) is 70.3. The van der Waals surface area contributed by atoms with Gasteiger partial charge in [-0.25, -0.2) is 28.7 Å². The maximum Gasteiger partial charge on any atom is 0.361 e. The number of ether oxygens (including phenoxy) is 3. The summed E-state index contributed by atoms with van der Waals surface area (Å²) in [6.45, 7) is 2.70. The van der Waals surface area contributed by atoms with Gasteiger partial charge in [-0.3, -0.25) is 29.9 Å². The average Bonchev–Trinajstić information content (AvgIpc) is 1.61. The molecular formula is C90H65Cl8N16O10+. The van der Waals surface area contributed by atoms with Gasteiger partial charge in [-0.2, -0.15) is 10.3 Å². The number of esters is 1. The molecule has 0 bridgehead atoms. The molecule has 10 heterocycles. The zero-order valence-electron chi connectivity index (χ0n) is 65.1. The molecule has 19 rings (SSSR count). The predicted molar refractivity (Wildman–Crippen MR) is 482 cm³/mol. The van der Waals surface area contributed by atoms with Crippen LogP contribution in [0.1, 0.15) is 49.5 Å². The van der Waals surface area contributed by atoms with E-state index in [9.17, 15) is 24.3 Å². The van der Waals surface area contributed by atoms with Crippen LogP contribution in [0, 0.1) is 0 Å². The van der Waals surface area contributed by atoms with E-state index in [1.54, 1.807) is 118 Å². The van der Waals surface area contributed by atoms with Gasteiger partial charge < -0.3 is 29.4 Å². The molecule has 0 radical (unpaired) electrons. The van der Waals surface area contributed by atoms with Crippen molar-refractivity contribution in [2.45, 2.75) is 20.0 Å². The van der Waals surface area contributed by atoms with Crippen molar-refractivity contribution in [2.75, 3.05) is 20.8 Å². The number of benzene rings is 9. The maximum atomic E-state index is 12.6. The van der Waals surface area contributed by atoms with Crippen LogP contribution in [0.15, 0.2) is 279 Å². The first kappa shape index (κ1) is 88.0. The number of nitrogens with one attached hydrogen (secondary N) is 2. The second kappa shape index (κ2) is 41.2. The van der Waals surface area contributed by atoms with E-state index < -0.39 is 17.9 Å². The molecule has 19 aromatic rings. The Labute approximate surface area is 744 Å². The Hall–Kier alpha value is -13.8. The number of aromatic nitrogens is 16. The Bertz CT molecular complexity index is 7130. The highest BCUT2D eigenvalue weighted by molar-refractivity contribution is 6.36. The van der Waals surface area contributed by atoms with Gasteiger partial charge in [0.25, 0.3) is 5.56 Å². The van der Waals surface area contributed by atoms with Crippen LogP contribution in [0.25, 0.3) is 110 Å². The molecule has 0 amide bonds. The molecule has 124 heavy (non-hydrogen) atoms. The number of fused-ring (bicyclic) bond motifs is 7. The molecule has 0 aliphatic heterocycles. The van der Waals surface area contributed by atoms with Gasteiger partial charge in [0.1, 0.15) is 39.4 Å². The van der Waals surface area contributed by atoms with Crippen LogP contribution >= 0.6 is 92.8 Å². The third-order valence-corrected chi connectivity index (χ3v) is 20.4. The first-order chi connectivity index (χ1) is 60.0. The highest BCUT2D eigenvalue weighted by atomic mass is 35.5. The lowest BCUT2D eigenvalue weighted by Crippen LogP contribution is -2.27. The number of nitrogens with zero attached hydrogens (tertiary/aromatic N) is 14. The lowest BCUT2D eigenvalue weighted by Gasteiger charge is -2.11. The van der Waals surface area contributed by atoms with E-state index in [2.05, 4.69) is 65.9 Å². The zero-order chi connectivity index (χ0) is 87.5. The first-order valence-corrected chi connectivity index (χ1v) is 40.1. The second-order valence-electron chi connectivity index (χ2n) is 26.5. The number of halogens is 8. The first-order valence-electron chi connectivity index (χ1n) is 37.1. The van der Waals surface area contributed by atoms with Gasteiger partial charge in [0, 0.05) is 122 Å². The van der Waals surface area contributed by atoms with Gasteiger partial charge in [0.2, 0.25) is 12.4 Å². The summed E-state index contributed by atoms with van der Waals surface area (Å²) >= 11 is 47.3. The summed E-state index contributed by atoms with van der Waals surface area (Å²) in [6, 6.07) is 66.5. The Morgan fingerprint density at radius 1 is 0.419 bits per heavy atom. The van der Waals surface area contributed by atoms with Crippen LogP contribution in [0.3, 0.4) is 0 Å². The van der Waals surface area contributed by atoms with E-state index in [0.717, 1.165) is 97.0 Å². The van der Waals surface area contributed by atoms with Crippen molar-refractivity contribution in [3.63, 3.8) is 0 Å². The van der Waals surface area contributed by atoms with Gasteiger partial charge in [-0.1, -0.05) is 170 Å². The number of H-pyrrole nitrogens is 2. The van der Waals surface area contributed by atoms with Crippen molar-refractivity contribution >= 4 is 186 Å². The molecular weight excluding hydrogens is 1750 g/mol. The molecule has 34 heteroatoms. The van der Waals surface area contributed by atoms with Crippen LogP contribution in [0.2, 0.25) is 40.3 Å². The van der Waals surface area contributed by atoms with Gasteiger partial charge in [0.05, 0.1) is 50.7 Å². The summed E-state index contributed by atoms with van der Waals surface area (Å²) in [5.41, 5.74) is 4.05. The Kier molecular flexibility index (Phi) is 29.2. The molecule has 620 valence electrons. The molecule has 26 nitrogen and oxygen atoms in total. The number of pyridine rings is 7. The fourth-order valence-corrected chi connectivity index (χ4v) is 14.0. The fraction of sp³-hybridized carbons (Fsp3) is 0.0667. The van der Waals surface area contributed by atoms with Crippen molar-refractivity contribution in [3.05, 3.63) is 353 Å². The SMILES string of the molecule is CCOC(=O)c1nnn(Cc2ccc(OC)cc2)c1-c1nccc2ccc(Cl)cc12.COc1ccc(Cn2nnc(C(=O)O)c2-c2nccc3ccc(Cl)cc23)cc1.Clc1ccc2ccnc(Cl)c2c1.Clc1ccc2ccncc2c1.O=C(O)c1n[nH]nc1-c1nccc2ccc(Cl)cc12.O=c1[nH]ccc2ccc(Cl)cc12.O[n+]1ccc2ccc(Cl)cc2c1. The lowest BCUT2D eigenvalue weighted by atomic mass is 10.1. The van der Waals surface area contributed by atoms with E-state index >= 15 is 0 Å². The van der Waals surface area contributed by atoms with Crippen molar-refractivity contribution in [1.29, 1.82) is 0 Å². The summed E-state index contributed by atoms with van der Waals surface area (Å²) in [6.07, 6.45) is 15.0. The van der Waals surface area contributed by atoms with Crippen LogP contribution in [-0.4, -0.2) is 129 Å². The molecule has 0 spiro atoms. The van der Waals surface area contributed by atoms with Crippen molar-refractivity contribution in [3.8, 4) is 45.7 Å². The molecule has 0 aliphatic carbocycles. The van der Waals surface area contributed by atoms with E-state index in [4.69, 9.17) is 117 Å². The van der Waals surface area contributed by atoms with Crippen LogP contribution < -0.4 is 19.8 Å². The van der Waals surface area contributed by atoms with Crippen LogP contribution in [0.5, 0.6) is 11.5 Å². The number of rotatable bonds is 13. The van der Waals surface area contributed by atoms with Gasteiger partial charge in [0.15, 0.2) is 17.1 Å². The van der Waals surface area contributed by atoms with E-state index in [1.165, 1.54) is 10.1 Å². The molecule has 5 N–H and O–H groups in total. The molecule has 10 aromatic heterocycles. The van der Waals surface area contributed by atoms with Crippen LogP contribution in [-0.2, 0) is 17.8 Å². The van der Waals surface area contributed by atoms with Crippen molar-refractivity contribution < 1.29 is 48.7 Å². The van der Waals surface area contributed by atoms with E-state index in [-0.39, 0.29) is 34.9 Å². The minimum Gasteiger partial charge on any atom is -0.497 e. The second-order valence-corrected chi connectivity index (χ2v) is 29.9. The average molecular weight is 1810 g/mol. The number of carbonyl (C=O) groups excluding carboxylic acids is 1. The predicted octanol–water partition coefficient (Wildman–Crippen LogP) is 21.3. The van der Waals surface area contributed by atoms with Gasteiger partial charge in [-0.15, -0.1) is 15.3 Å². The quantitative estimate of drug-likeness (QED) is 0.0310. The van der Waals surface area contributed by atoms with E-state index in [1.807, 2.05) is 182 Å². The van der Waals surface area contributed by atoms with Crippen molar-refractivity contribution in [2.24, 2.45) is 0 Å². The Morgan fingerprint density at radius 3 is 1.33 bits per heavy atom. The summed E-state index contributed by atoms with van der Waals surface area (Å²) in [7, 11) is 3.22. The third kappa shape index (κ3) is 21.9. The Balaban J connectivity index is 0.000000129. The monoisotopic (exact) mass is 1810 g/mol. The number of carboxylic acid groups (broad SMARTS) is 2. The third-order valence-electron chi connectivity index (χ3n) is 18.5. The number of hydrogen-bond donors (Lipinski definition) is 5. The maximum absolute atomic E-state index is 12.6. The number of methoxy groups -OCH3 is 2. The summed E-state index contributed by atoms with van der Waals surface area (Å²) < 4.78 is 19.8. The summed E-state index contributed by atoms with van der Waals surface area (Å²) in [5.74, 6) is -1.38. The lowest BCUT2D eigenvalue weighted by molar-refractivity contribution is -0.903. The largest absolute Gasteiger partial charge is 0.497 e. The highest BCUT2D eigenvalue weighted by Gasteiger charge is 2.27. The molecule has 0 saturated heterocycles. The normalized spacial score (nSPS) is 10.7. The number of aromatic carboxylic acids is 2. The zero-order valence-corrected chi connectivity index (χ0v) is 71.1. The number of aromatic amines is 2. The smallest absolute Gasteiger partial charge is 0.361 e. The molecule has 0 saturated carbocycles. The Morgan fingerprint density at radius 2 is 0.831 bits per heavy atom. The molecule has 0 atom stereocenters. The molecule has 9 aromatic carbocycles. The number of carboxylic acids is 2. The molecule has 0 aliphatic rings. The molecule has 0 unspecified atom stereocenters. The van der Waals surface area contributed by atoms with E-state index in [0.29, 0.717) is 82.2 Å². The number of carbonyl (C=O) groups is 3. The highest BCUT2D eigenvalue weighted by Crippen LogP contribution is 2.35. The van der Waals surface area contributed by atoms with Crippen molar-refractivity contribution in [1.82, 2.24) is 75.3 Å². The standard InChI is InChI=1S/C22H19ClN4O3.C20H15ClN4O3.C12H7ClN4O2.C9H5Cl2N.C9H7ClNO.C9H6ClNO.C9H6ClN/c1-3-30-22(28)20-21(19-18-12-16(23)7-6-15(18)10-11-24-19)27(26-25-20)13-14-4-8-17(29-2)9-5-14;1-28-15-6-2-12(3-7-15)11-25-19(18(20(26)27)23-24-25)17-16-10-14(21)5-4-13(16)8-9-22-17;13-7-2-1-6-3-4-14-9(8(6)5-7)10-11(12(18)19)16-17-15-10;10-7-2-1-6-3-4-12-9(11)8(6)5-7;10-9-2-1-7-3-4-11(12)6-8(7)5-9;10-7-2-1-6-3-4-11-9(12)8(6)5-7;10-9-2-1-7-3-4-11-6-8(7)5-9/h4-12H,3,13H2,1-2H3;2-10H,11H2,1H3,(H,26,27);1-5H,(H,18,19)(H,15,16,17);1-5H;1-6,12H;1-5H,(H,11,12);1-6H/q;;;;+1;;. The minimum atomic E-state index is -1.17. The van der Waals surface area contributed by atoms with Crippen LogP contribution in [0.4, 0.5) is 0 Å². The topological polar surface area (TPSA) is 344 Å².